The summed E-state index contributed by atoms with van der Waals surface area (Å²) in [6, 6.07) is 10.4. The van der Waals surface area contributed by atoms with Crippen LogP contribution < -0.4 is 5.32 Å². The summed E-state index contributed by atoms with van der Waals surface area (Å²) in [6.45, 7) is 8.97. The van der Waals surface area contributed by atoms with Crippen molar-refractivity contribution < 1.29 is 13.2 Å². The van der Waals surface area contributed by atoms with E-state index < -0.39 is 10.0 Å². The van der Waals surface area contributed by atoms with Crippen LogP contribution in [0.3, 0.4) is 0 Å². The van der Waals surface area contributed by atoms with E-state index in [9.17, 15) is 13.2 Å². The molecule has 0 saturated carbocycles. The number of sulfonamides is 1. The fraction of sp³-hybridized carbons (Fsp3) is 0.650. The Morgan fingerprint density at radius 2 is 1.81 bits per heavy atom. The molecule has 1 aromatic carbocycles. The second kappa shape index (κ2) is 8.53. The zero-order valence-corrected chi connectivity index (χ0v) is 17.2. The van der Waals surface area contributed by atoms with Gasteiger partial charge in [0.05, 0.1) is 5.75 Å². The van der Waals surface area contributed by atoms with Crippen molar-refractivity contribution >= 4 is 15.9 Å². The van der Waals surface area contributed by atoms with E-state index in [-0.39, 0.29) is 29.0 Å². The van der Waals surface area contributed by atoms with Crippen molar-refractivity contribution in [2.75, 3.05) is 18.8 Å². The highest BCUT2D eigenvalue weighted by molar-refractivity contribution is 7.89. The van der Waals surface area contributed by atoms with E-state index in [1.807, 2.05) is 25.1 Å². The molecule has 6 heteroatoms. The SMILES string of the molecule is CCS(=O)(=O)N1CCC(C(=O)N[C@@H](C)CC(C)(C)c2ccccc2)CC1. The summed E-state index contributed by atoms with van der Waals surface area (Å²) in [5.74, 6) is 0.0747. The highest BCUT2D eigenvalue weighted by atomic mass is 32.2. The van der Waals surface area contributed by atoms with Gasteiger partial charge in [-0.25, -0.2) is 12.7 Å². The quantitative estimate of drug-likeness (QED) is 0.791. The lowest BCUT2D eigenvalue weighted by molar-refractivity contribution is -0.126. The van der Waals surface area contributed by atoms with Crippen molar-refractivity contribution in [3.05, 3.63) is 35.9 Å². The van der Waals surface area contributed by atoms with Gasteiger partial charge < -0.3 is 5.32 Å². The van der Waals surface area contributed by atoms with Crippen LogP contribution in [0.15, 0.2) is 30.3 Å². The summed E-state index contributed by atoms with van der Waals surface area (Å²) >= 11 is 0. The van der Waals surface area contributed by atoms with E-state index in [1.54, 1.807) is 6.92 Å². The number of carbonyl (C=O) groups excluding carboxylic acids is 1. The number of benzene rings is 1. The Morgan fingerprint density at radius 3 is 2.35 bits per heavy atom. The van der Waals surface area contributed by atoms with Gasteiger partial charge in [0, 0.05) is 25.0 Å². The Bertz CT molecular complexity index is 693. The van der Waals surface area contributed by atoms with Crippen molar-refractivity contribution in [1.29, 1.82) is 0 Å². The van der Waals surface area contributed by atoms with E-state index in [2.05, 4.69) is 31.3 Å². The molecule has 146 valence electrons. The summed E-state index contributed by atoms with van der Waals surface area (Å²) in [4.78, 5) is 12.6. The van der Waals surface area contributed by atoms with Gasteiger partial charge in [0.1, 0.15) is 0 Å². The Morgan fingerprint density at radius 1 is 1.23 bits per heavy atom. The average Bonchev–Trinajstić information content (AvgIpc) is 2.62. The number of nitrogens with one attached hydrogen (secondary N) is 1. The van der Waals surface area contributed by atoms with Crippen LogP contribution in [0, 0.1) is 5.92 Å². The zero-order valence-electron chi connectivity index (χ0n) is 16.4. The number of nitrogens with zero attached hydrogens (tertiary/aromatic N) is 1. The molecule has 0 aromatic heterocycles. The molecule has 1 fully saturated rings. The first kappa shape index (κ1) is 20.9. The number of hydrogen-bond acceptors (Lipinski definition) is 3. The molecular weight excluding hydrogens is 348 g/mol. The first-order valence-electron chi connectivity index (χ1n) is 9.49. The third kappa shape index (κ3) is 5.30. The van der Waals surface area contributed by atoms with Crippen LogP contribution in [-0.4, -0.2) is 43.5 Å². The predicted molar refractivity (Wildman–Crippen MR) is 105 cm³/mol. The smallest absolute Gasteiger partial charge is 0.223 e. The highest BCUT2D eigenvalue weighted by Crippen LogP contribution is 2.28. The monoisotopic (exact) mass is 380 g/mol. The van der Waals surface area contributed by atoms with E-state index >= 15 is 0 Å². The van der Waals surface area contributed by atoms with Crippen LogP contribution in [0.4, 0.5) is 0 Å². The number of rotatable bonds is 7. The standard InChI is InChI=1S/C20H32N2O3S/c1-5-26(24,25)22-13-11-17(12-14-22)19(23)21-16(2)15-20(3,4)18-9-7-6-8-10-18/h6-10,16-17H,5,11-15H2,1-4H3,(H,21,23)/t16-/m0/s1. The van der Waals surface area contributed by atoms with Crippen molar-refractivity contribution in [2.45, 2.75) is 58.4 Å². The van der Waals surface area contributed by atoms with E-state index in [0.717, 1.165) is 6.42 Å². The fourth-order valence-corrected chi connectivity index (χ4v) is 4.90. The van der Waals surface area contributed by atoms with Crippen LogP contribution in [0.25, 0.3) is 0 Å². The van der Waals surface area contributed by atoms with Gasteiger partial charge in [0.25, 0.3) is 0 Å². The Hall–Kier alpha value is -1.40. The average molecular weight is 381 g/mol. The second-order valence-electron chi connectivity index (χ2n) is 7.94. The molecule has 1 aromatic rings. The Kier molecular flexibility index (Phi) is 6.86. The minimum Gasteiger partial charge on any atom is -0.353 e. The Balaban J connectivity index is 1.86. The molecule has 26 heavy (non-hydrogen) atoms. The summed E-state index contributed by atoms with van der Waals surface area (Å²) in [5, 5.41) is 3.14. The molecule has 0 radical (unpaired) electrons. The third-order valence-electron chi connectivity index (χ3n) is 5.34. The number of amides is 1. The van der Waals surface area contributed by atoms with Crippen LogP contribution >= 0.6 is 0 Å². The lowest BCUT2D eigenvalue weighted by Crippen LogP contribution is -2.46. The van der Waals surface area contributed by atoms with Crippen LogP contribution in [0.5, 0.6) is 0 Å². The normalized spacial score (nSPS) is 18.5. The molecule has 1 amide bonds. The molecule has 5 nitrogen and oxygen atoms in total. The molecule has 1 saturated heterocycles. The molecular formula is C20H32N2O3S. The van der Waals surface area contributed by atoms with E-state index in [0.29, 0.717) is 25.9 Å². The minimum atomic E-state index is -3.15. The molecule has 1 aliphatic heterocycles. The molecule has 0 unspecified atom stereocenters. The van der Waals surface area contributed by atoms with Crippen LogP contribution in [0.1, 0.15) is 52.5 Å². The van der Waals surface area contributed by atoms with Gasteiger partial charge in [-0.05, 0) is 44.1 Å². The van der Waals surface area contributed by atoms with E-state index in [4.69, 9.17) is 0 Å². The maximum absolute atomic E-state index is 12.6. The van der Waals surface area contributed by atoms with Crippen LogP contribution in [-0.2, 0) is 20.2 Å². The van der Waals surface area contributed by atoms with Gasteiger partial charge in [0.15, 0.2) is 0 Å². The number of carbonyl (C=O) groups is 1. The van der Waals surface area contributed by atoms with Gasteiger partial charge in [-0.2, -0.15) is 0 Å². The second-order valence-corrected chi connectivity index (χ2v) is 10.2. The van der Waals surface area contributed by atoms with Crippen molar-refractivity contribution in [1.82, 2.24) is 9.62 Å². The van der Waals surface area contributed by atoms with Gasteiger partial charge in [-0.1, -0.05) is 44.2 Å². The van der Waals surface area contributed by atoms with Crippen molar-refractivity contribution in [2.24, 2.45) is 5.92 Å². The lowest BCUT2D eigenvalue weighted by atomic mass is 9.79. The number of hydrogen-bond donors (Lipinski definition) is 1. The molecule has 1 heterocycles. The largest absolute Gasteiger partial charge is 0.353 e. The molecule has 0 spiro atoms. The van der Waals surface area contributed by atoms with Gasteiger partial charge in [0.2, 0.25) is 15.9 Å². The van der Waals surface area contributed by atoms with Crippen molar-refractivity contribution in [3.63, 3.8) is 0 Å². The van der Waals surface area contributed by atoms with Crippen LogP contribution in [0.2, 0.25) is 0 Å². The highest BCUT2D eigenvalue weighted by Gasteiger charge is 2.31. The third-order valence-corrected chi connectivity index (χ3v) is 7.22. The summed E-state index contributed by atoms with van der Waals surface area (Å²) in [7, 11) is -3.15. The predicted octanol–water partition coefficient (Wildman–Crippen LogP) is 2.92. The summed E-state index contributed by atoms with van der Waals surface area (Å²) in [6.07, 6.45) is 2.05. The van der Waals surface area contributed by atoms with Gasteiger partial charge in [-0.3, -0.25) is 4.79 Å². The van der Waals surface area contributed by atoms with Crippen molar-refractivity contribution in [3.8, 4) is 0 Å². The summed E-state index contributed by atoms with van der Waals surface area (Å²) in [5.41, 5.74) is 1.24. The Labute approximate surface area is 158 Å². The molecule has 1 atom stereocenters. The molecule has 1 N–H and O–H groups in total. The molecule has 2 rings (SSSR count). The maximum atomic E-state index is 12.6. The maximum Gasteiger partial charge on any atom is 0.223 e. The van der Waals surface area contributed by atoms with Gasteiger partial charge in [-0.15, -0.1) is 0 Å². The zero-order chi connectivity index (χ0) is 19.4. The topological polar surface area (TPSA) is 66.5 Å². The number of piperidine rings is 1. The minimum absolute atomic E-state index is 0.0213. The van der Waals surface area contributed by atoms with E-state index in [1.165, 1.54) is 9.87 Å². The molecule has 1 aliphatic rings. The fourth-order valence-electron chi connectivity index (χ4n) is 3.76. The lowest BCUT2D eigenvalue weighted by Gasteiger charge is -2.32. The summed E-state index contributed by atoms with van der Waals surface area (Å²) < 4.78 is 25.4. The first-order chi connectivity index (χ1) is 12.2. The van der Waals surface area contributed by atoms with Gasteiger partial charge >= 0.3 is 0 Å². The molecule has 0 bridgehead atoms. The first-order valence-corrected chi connectivity index (χ1v) is 11.1. The molecule has 0 aliphatic carbocycles.